The van der Waals surface area contributed by atoms with E-state index in [2.05, 4.69) is 24.5 Å². The van der Waals surface area contributed by atoms with E-state index in [-0.39, 0.29) is 11.5 Å². The van der Waals surface area contributed by atoms with Crippen LogP contribution in [0.2, 0.25) is 0 Å². The molecule has 2 unspecified atom stereocenters. The van der Waals surface area contributed by atoms with Crippen molar-refractivity contribution in [1.82, 2.24) is 9.55 Å². The second-order valence-corrected chi connectivity index (χ2v) is 6.16. The van der Waals surface area contributed by atoms with Gasteiger partial charge in [-0.15, -0.1) is 11.6 Å². The Labute approximate surface area is 125 Å². The average Bonchev–Trinajstić information content (AvgIpc) is 2.78. The van der Waals surface area contributed by atoms with Crippen molar-refractivity contribution in [3.05, 3.63) is 24.0 Å². The number of benzene rings is 1. The number of fused-ring (bicyclic) bond motifs is 1. The van der Waals surface area contributed by atoms with Crippen molar-refractivity contribution < 1.29 is 4.74 Å². The summed E-state index contributed by atoms with van der Waals surface area (Å²) >= 11 is 6.31. The quantitative estimate of drug-likeness (QED) is 0.718. The van der Waals surface area contributed by atoms with Crippen molar-refractivity contribution in [3.8, 4) is 5.75 Å². The van der Waals surface area contributed by atoms with Crippen LogP contribution < -0.4 is 4.74 Å². The summed E-state index contributed by atoms with van der Waals surface area (Å²) in [5, 5.41) is -0.122. The molecule has 0 aliphatic rings. The number of rotatable bonds is 5. The van der Waals surface area contributed by atoms with E-state index in [9.17, 15) is 0 Å². The first-order valence-electron chi connectivity index (χ1n) is 7.27. The molecule has 0 aliphatic heterocycles. The Balaban J connectivity index is 2.67. The van der Waals surface area contributed by atoms with Crippen molar-refractivity contribution in [1.29, 1.82) is 0 Å². The van der Waals surface area contributed by atoms with Crippen molar-refractivity contribution in [2.75, 3.05) is 0 Å². The molecule has 2 aromatic rings. The molecule has 110 valence electrons. The Morgan fingerprint density at radius 3 is 2.50 bits per heavy atom. The molecule has 1 aromatic carbocycles. The minimum absolute atomic E-state index is 0.122. The van der Waals surface area contributed by atoms with Gasteiger partial charge in [0.15, 0.2) is 0 Å². The molecule has 3 nitrogen and oxygen atoms in total. The highest BCUT2D eigenvalue weighted by Gasteiger charge is 2.20. The van der Waals surface area contributed by atoms with Gasteiger partial charge in [0.25, 0.3) is 0 Å². The van der Waals surface area contributed by atoms with Crippen molar-refractivity contribution in [2.45, 2.75) is 58.6 Å². The second kappa shape index (κ2) is 6.04. The van der Waals surface area contributed by atoms with Crippen LogP contribution in [0.5, 0.6) is 5.75 Å². The van der Waals surface area contributed by atoms with Crippen LogP contribution in [0.3, 0.4) is 0 Å². The first kappa shape index (κ1) is 15.2. The molecule has 0 saturated heterocycles. The first-order chi connectivity index (χ1) is 9.45. The molecule has 0 radical (unpaired) electrons. The Bertz CT molecular complexity index is 589. The summed E-state index contributed by atoms with van der Waals surface area (Å²) in [6.07, 6.45) is 1.17. The van der Waals surface area contributed by atoms with Crippen LogP contribution in [0.4, 0.5) is 0 Å². The number of hydrogen-bond acceptors (Lipinski definition) is 2. The van der Waals surface area contributed by atoms with Gasteiger partial charge in [-0.2, -0.15) is 0 Å². The molecule has 1 aromatic heterocycles. The third-order valence-electron chi connectivity index (χ3n) is 3.46. The van der Waals surface area contributed by atoms with E-state index in [4.69, 9.17) is 21.3 Å². The maximum Gasteiger partial charge on any atom is 0.147 e. The van der Waals surface area contributed by atoms with Crippen molar-refractivity contribution in [3.63, 3.8) is 0 Å². The van der Waals surface area contributed by atoms with Gasteiger partial charge >= 0.3 is 0 Å². The van der Waals surface area contributed by atoms with E-state index >= 15 is 0 Å². The molecule has 0 N–H and O–H groups in total. The zero-order valence-electron chi connectivity index (χ0n) is 12.9. The number of nitrogens with zero attached hydrogens (tertiary/aromatic N) is 2. The molecular weight excluding hydrogens is 272 g/mol. The number of imidazole rings is 1. The number of ether oxygens (including phenoxy) is 1. The summed E-state index contributed by atoms with van der Waals surface area (Å²) in [6.45, 7) is 10.4. The van der Waals surface area contributed by atoms with Gasteiger partial charge in [0.05, 0.1) is 17.0 Å². The molecule has 20 heavy (non-hydrogen) atoms. The summed E-state index contributed by atoms with van der Waals surface area (Å²) in [5.41, 5.74) is 2.00. The maximum atomic E-state index is 6.31. The van der Waals surface area contributed by atoms with Gasteiger partial charge in [-0.1, -0.05) is 13.0 Å². The van der Waals surface area contributed by atoms with Crippen LogP contribution in [0.1, 0.15) is 58.3 Å². The largest absolute Gasteiger partial charge is 0.489 e. The van der Waals surface area contributed by atoms with Gasteiger partial charge in [0.2, 0.25) is 0 Å². The molecule has 4 heteroatoms. The minimum atomic E-state index is -0.122. The normalized spacial score (nSPS) is 14.8. The smallest absolute Gasteiger partial charge is 0.147 e. The predicted molar refractivity (Wildman–Crippen MR) is 84.8 cm³/mol. The molecule has 1 heterocycles. The Kier molecular flexibility index (Phi) is 4.59. The highest BCUT2D eigenvalue weighted by molar-refractivity contribution is 6.20. The zero-order valence-corrected chi connectivity index (χ0v) is 13.6. The van der Waals surface area contributed by atoms with Gasteiger partial charge in [0, 0.05) is 6.04 Å². The molecule has 0 saturated carbocycles. The maximum absolute atomic E-state index is 6.31. The number of hydrogen-bond donors (Lipinski definition) is 0. The highest BCUT2D eigenvalue weighted by atomic mass is 35.5. The molecule has 0 fully saturated rings. The lowest BCUT2D eigenvalue weighted by Crippen LogP contribution is -2.09. The first-order valence-corrected chi connectivity index (χ1v) is 7.70. The molecule has 0 bridgehead atoms. The van der Waals surface area contributed by atoms with E-state index in [1.807, 2.05) is 32.9 Å². The molecule has 0 amide bonds. The fraction of sp³-hybridized carbons (Fsp3) is 0.562. The number of aromatic nitrogens is 2. The van der Waals surface area contributed by atoms with E-state index in [1.54, 1.807) is 0 Å². The molecule has 0 aliphatic carbocycles. The fourth-order valence-electron chi connectivity index (χ4n) is 2.38. The molecule has 0 spiro atoms. The van der Waals surface area contributed by atoms with Gasteiger partial charge in [-0.25, -0.2) is 4.98 Å². The van der Waals surface area contributed by atoms with E-state index < -0.39 is 0 Å². The lowest BCUT2D eigenvalue weighted by Gasteiger charge is -2.17. The number of para-hydroxylation sites is 1. The average molecular weight is 295 g/mol. The lowest BCUT2D eigenvalue weighted by molar-refractivity contribution is 0.245. The third-order valence-corrected chi connectivity index (χ3v) is 3.66. The monoisotopic (exact) mass is 294 g/mol. The fourth-order valence-corrected chi connectivity index (χ4v) is 2.54. The van der Waals surface area contributed by atoms with Crippen molar-refractivity contribution >= 4 is 22.6 Å². The summed E-state index contributed by atoms with van der Waals surface area (Å²) in [5.74, 6) is 1.74. The number of halogens is 1. The summed E-state index contributed by atoms with van der Waals surface area (Å²) in [6, 6.07) is 6.44. The van der Waals surface area contributed by atoms with Crippen LogP contribution in [0, 0.1) is 0 Å². The van der Waals surface area contributed by atoms with Crippen LogP contribution in [-0.4, -0.2) is 15.7 Å². The Hall–Kier alpha value is -1.22. The minimum Gasteiger partial charge on any atom is -0.489 e. The van der Waals surface area contributed by atoms with Gasteiger partial charge < -0.3 is 9.30 Å². The topological polar surface area (TPSA) is 27.1 Å². The second-order valence-electron chi connectivity index (χ2n) is 5.50. The van der Waals surface area contributed by atoms with E-state index in [0.29, 0.717) is 6.04 Å². The molecular formula is C16H23ClN2O. The van der Waals surface area contributed by atoms with Gasteiger partial charge in [0.1, 0.15) is 17.1 Å². The standard InChI is InChI=1S/C16H23ClN2O/c1-6-11(4)19-13-8-7-9-14(20-10(2)3)15(13)18-16(19)12(5)17/h7-12H,6H2,1-5H3. The summed E-state index contributed by atoms with van der Waals surface area (Å²) < 4.78 is 8.11. The summed E-state index contributed by atoms with van der Waals surface area (Å²) in [7, 11) is 0. The van der Waals surface area contributed by atoms with E-state index in [0.717, 1.165) is 29.0 Å². The van der Waals surface area contributed by atoms with Gasteiger partial charge in [-0.3, -0.25) is 0 Å². The van der Waals surface area contributed by atoms with Crippen LogP contribution in [-0.2, 0) is 0 Å². The van der Waals surface area contributed by atoms with Crippen LogP contribution >= 0.6 is 11.6 Å². The van der Waals surface area contributed by atoms with Crippen LogP contribution in [0.15, 0.2) is 18.2 Å². The van der Waals surface area contributed by atoms with Crippen LogP contribution in [0.25, 0.3) is 11.0 Å². The van der Waals surface area contributed by atoms with Gasteiger partial charge in [-0.05, 0) is 46.2 Å². The lowest BCUT2D eigenvalue weighted by atomic mass is 10.2. The third kappa shape index (κ3) is 2.78. The molecule has 2 rings (SSSR count). The SMILES string of the molecule is CCC(C)n1c(C(C)Cl)nc2c(OC(C)C)cccc21. The molecule has 2 atom stereocenters. The zero-order chi connectivity index (χ0) is 14.9. The summed E-state index contributed by atoms with van der Waals surface area (Å²) in [4.78, 5) is 4.74. The van der Waals surface area contributed by atoms with Crippen molar-refractivity contribution in [2.24, 2.45) is 0 Å². The number of alkyl halides is 1. The Morgan fingerprint density at radius 1 is 1.25 bits per heavy atom. The Morgan fingerprint density at radius 2 is 1.95 bits per heavy atom. The predicted octanol–water partition coefficient (Wildman–Crippen LogP) is 5.09. The van der Waals surface area contributed by atoms with E-state index in [1.165, 1.54) is 0 Å². The highest BCUT2D eigenvalue weighted by Crippen LogP contribution is 2.33.